The van der Waals surface area contributed by atoms with Gasteiger partial charge in [0.2, 0.25) is 11.0 Å². The molecule has 0 bridgehead atoms. The highest BCUT2D eigenvalue weighted by Crippen LogP contribution is 2.30. The van der Waals surface area contributed by atoms with Crippen LogP contribution in [-0.2, 0) is 22.4 Å². The molecule has 1 aromatic carbocycles. The zero-order valence-electron chi connectivity index (χ0n) is 16.4. The third kappa shape index (κ3) is 4.48. The lowest BCUT2D eigenvalue weighted by Crippen LogP contribution is -2.33. The van der Waals surface area contributed by atoms with Crippen LogP contribution in [0.2, 0.25) is 0 Å². The highest BCUT2D eigenvalue weighted by Gasteiger charge is 2.32. The van der Waals surface area contributed by atoms with Gasteiger partial charge in [0.1, 0.15) is 6.10 Å². The lowest BCUT2D eigenvalue weighted by molar-refractivity contribution is -0.119. The Labute approximate surface area is 177 Å². The molecule has 1 fully saturated rings. The number of carbonyl (C=O) groups excluding carboxylic acids is 2. The molecule has 1 saturated heterocycles. The molecule has 8 nitrogen and oxygen atoms in total. The van der Waals surface area contributed by atoms with E-state index in [1.807, 2.05) is 12.3 Å². The fourth-order valence-corrected chi connectivity index (χ4v) is 4.89. The van der Waals surface area contributed by atoms with Crippen LogP contribution in [-0.4, -0.2) is 60.7 Å². The Hall–Kier alpha value is -2.33. The standard InChI is InChI=1S/C19H23N5O3S2/c1-12(25)20-10-16-11-24(19(26)27-16)15-4-3-13-5-7-23(8-6-14(13)9-15)17-21-22-18(28-2)29-17/h3-4,9,16H,5-8,10-11H2,1-2H3,(H,20,25)/t16-/m0/s1. The average Bonchev–Trinajstić information content (AvgIpc) is 3.27. The molecular formula is C19H23N5O3S2. The van der Waals surface area contributed by atoms with Gasteiger partial charge in [-0.1, -0.05) is 29.2 Å². The van der Waals surface area contributed by atoms with E-state index < -0.39 is 0 Å². The largest absolute Gasteiger partial charge is 0.442 e. The quantitative estimate of drug-likeness (QED) is 0.724. The minimum atomic E-state index is -0.367. The van der Waals surface area contributed by atoms with E-state index in [1.54, 1.807) is 28.0 Å². The predicted octanol–water partition coefficient (Wildman–Crippen LogP) is 2.33. The highest BCUT2D eigenvalue weighted by molar-refractivity contribution is 8.00. The SMILES string of the molecule is CSc1nnc(N2CCc3ccc(N4C[C@H](CNC(C)=O)OC4=O)cc3CC2)s1. The van der Waals surface area contributed by atoms with Crippen molar-refractivity contribution in [3.8, 4) is 0 Å². The number of benzene rings is 1. The maximum atomic E-state index is 12.3. The summed E-state index contributed by atoms with van der Waals surface area (Å²) < 4.78 is 6.36. The fraction of sp³-hybridized carbons (Fsp3) is 0.474. The number of hydrogen-bond acceptors (Lipinski definition) is 8. The summed E-state index contributed by atoms with van der Waals surface area (Å²) in [4.78, 5) is 27.3. The van der Waals surface area contributed by atoms with E-state index in [4.69, 9.17) is 4.74 Å². The Morgan fingerprint density at radius 3 is 2.83 bits per heavy atom. The zero-order chi connectivity index (χ0) is 20.4. The summed E-state index contributed by atoms with van der Waals surface area (Å²) in [5, 5.41) is 12.2. The first-order valence-corrected chi connectivity index (χ1v) is 11.5. The topological polar surface area (TPSA) is 87.7 Å². The molecular weight excluding hydrogens is 410 g/mol. The first kappa shape index (κ1) is 20.0. The molecule has 10 heteroatoms. The summed E-state index contributed by atoms with van der Waals surface area (Å²) in [5.41, 5.74) is 3.39. The number of amides is 2. The molecule has 1 atom stereocenters. The summed E-state index contributed by atoms with van der Waals surface area (Å²) in [7, 11) is 0. The molecule has 2 aliphatic heterocycles. The number of cyclic esters (lactones) is 1. The molecule has 29 heavy (non-hydrogen) atoms. The molecule has 2 aromatic rings. The van der Waals surface area contributed by atoms with E-state index in [0.29, 0.717) is 13.1 Å². The van der Waals surface area contributed by atoms with Crippen molar-refractivity contribution in [2.45, 2.75) is 30.2 Å². The summed E-state index contributed by atoms with van der Waals surface area (Å²) in [6, 6.07) is 6.18. The van der Waals surface area contributed by atoms with Crippen LogP contribution in [0.3, 0.4) is 0 Å². The normalized spacial score (nSPS) is 19.0. The number of thioether (sulfide) groups is 1. The van der Waals surface area contributed by atoms with E-state index in [0.717, 1.165) is 41.1 Å². The number of fused-ring (bicyclic) bond motifs is 1. The van der Waals surface area contributed by atoms with Crippen molar-refractivity contribution in [2.75, 3.05) is 42.2 Å². The van der Waals surface area contributed by atoms with Crippen LogP contribution in [0.4, 0.5) is 15.6 Å². The molecule has 0 saturated carbocycles. The van der Waals surface area contributed by atoms with E-state index in [1.165, 1.54) is 18.1 Å². The Morgan fingerprint density at radius 1 is 1.31 bits per heavy atom. The summed E-state index contributed by atoms with van der Waals surface area (Å²) in [5.74, 6) is -0.130. The third-order valence-electron chi connectivity index (χ3n) is 5.10. The minimum Gasteiger partial charge on any atom is -0.442 e. The Bertz CT molecular complexity index is 919. The predicted molar refractivity (Wildman–Crippen MR) is 114 cm³/mol. The van der Waals surface area contributed by atoms with Crippen LogP contribution in [0.1, 0.15) is 18.1 Å². The van der Waals surface area contributed by atoms with Gasteiger partial charge in [0.15, 0.2) is 4.34 Å². The maximum Gasteiger partial charge on any atom is 0.414 e. The van der Waals surface area contributed by atoms with Crippen molar-refractivity contribution in [1.82, 2.24) is 15.5 Å². The van der Waals surface area contributed by atoms with Crippen LogP contribution in [0.15, 0.2) is 22.5 Å². The lowest BCUT2D eigenvalue weighted by Gasteiger charge is -2.17. The summed E-state index contributed by atoms with van der Waals surface area (Å²) in [6.45, 7) is 3.99. The Balaban J connectivity index is 1.45. The average molecular weight is 434 g/mol. The number of hydrogen-bond donors (Lipinski definition) is 1. The number of rotatable bonds is 5. The van der Waals surface area contributed by atoms with Gasteiger partial charge < -0.3 is 15.0 Å². The van der Waals surface area contributed by atoms with Gasteiger partial charge >= 0.3 is 6.09 Å². The minimum absolute atomic E-state index is 0.130. The first-order chi connectivity index (χ1) is 14.0. The van der Waals surface area contributed by atoms with Gasteiger partial charge in [-0.2, -0.15) is 0 Å². The van der Waals surface area contributed by atoms with Crippen LogP contribution in [0, 0.1) is 0 Å². The molecule has 0 aliphatic carbocycles. The molecule has 1 aromatic heterocycles. The van der Waals surface area contributed by atoms with Gasteiger partial charge in [-0.05, 0) is 42.4 Å². The molecule has 3 heterocycles. The van der Waals surface area contributed by atoms with Crippen molar-refractivity contribution < 1.29 is 14.3 Å². The van der Waals surface area contributed by atoms with Crippen molar-refractivity contribution in [1.29, 1.82) is 0 Å². The third-order valence-corrected chi connectivity index (χ3v) is 7.06. The van der Waals surface area contributed by atoms with Crippen LogP contribution >= 0.6 is 23.1 Å². The van der Waals surface area contributed by atoms with Gasteiger partial charge in [0.05, 0.1) is 13.1 Å². The smallest absolute Gasteiger partial charge is 0.414 e. The van der Waals surface area contributed by atoms with E-state index in [-0.39, 0.29) is 18.1 Å². The van der Waals surface area contributed by atoms with Crippen molar-refractivity contribution >= 4 is 45.9 Å². The van der Waals surface area contributed by atoms with Crippen LogP contribution in [0.5, 0.6) is 0 Å². The number of nitrogens with zero attached hydrogens (tertiary/aromatic N) is 4. The molecule has 2 aliphatic rings. The Kier molecular flexibility index (Phi) is 5.91. The first-order valence-electron chi connectivity index (χ1n) is 9.50. The van der Waals surface area contributed by atoms with Crippen molar-refractivity contribution in [3.63, 3.8) is 0 Å². The Morgan fingerprint density at radius 2 is 2.10 bits per heavy atom. The zero-order valence-corrected chi connectivity index (χ0v) is 18.0. The van der Waals surface area contributed by atoms with Gasteiger partial charge in [-0.3, -0.25) is 9.69 Å². The van der Waals surface area contributed by atoms with Gasteiger partial charge in [-0.25, -0.2) is 4.79 Å². The second-order valence-corrected chi connectivity index (χ2v) is 9.06. The van der Waals surface area contributed by atoms with E-state index >= 15 is 0 Å². The van der Waals surface area contributed by atoms with E-state index in [9.17, 15) is 9.59 Å². The fourth-order valence-electron chi connectivity index (χ4n) is 3.58. The van der Waals surface area contributed by atoms with E-state index in [2.05, 4.69) is 32.5 Å². The second-order valence-electron chi connectivity index (χ2n) is 7.05. The highest BCUT2D eigenvalue weighted by atomic mass is 32.2. The molecule has 2 amide bonds. The van der Waals surface area contributed by atoms with Crippen molar-refractivity contribution in [2.24, 2.45) is 0 Å². The molecule has 0 radical (unpaired) electrons. The van der Waals surface area contributed by atoms with Crippen LogP contribution < -0.4 is 15.1 Å². The van der Waals surface area contributed by atoms with Crippen LogP contribution in [0.25, 0.3) is 0 Å². The number of anilines is 2. The number of carbonyl (C=O) groups is 2. The lowest BCUT2D eigenvalue weighted by atomic mass is 10.0. The van der Waals surface area contributed by atoms with Crippen molar-refractivity contribution in [3.05, 3.63) is 29.3 Å². The monoisotopic (exact) mass is 433 g/mol. The molecule has 0 spiro atoms. The number of ether oxygens (including phenoxy) is 1. The summed E-state index contributed by atoms with van der Waals surface area (Å²) in [6.07, 6.45) is 3.13. The van der Waals surface area contributed by atoms with Gasteiger partial charge in [0.25, 0.3) is 0 Å². The second kappa shape index (κ2) is 8.58. The number of aromatic nitrogens is 2. The molecule has 0 unspecified atom stereocenters. The number of nitrogens with one attached hydrogen (secondary N) is 1. The molecule has 1 N–H and O–H groups in total. The van der Waals surface area contributed by atoms with Gasteiger partial charge in [-0.15, -0.1) is 10.2 Å². The maximum absolute atomic E-state index is 12.3. The summed E-state index contributed by atoms with van der Waals surface area (Å²) >= 11 is 3.24. The molecule has 154 valence electrons. The van der Waals surface area contributed by atoms with Gasteiger partial charge in [0, 0.05) is 25.7 Å². The molecule has 4 rings (SSSR count).